The average molecular weight is 370 g/mol. The zero-order chi connectivity index (χ0) is 20.3. The third-order valence-electron chi connectivity index (χ3n) is 2.81. The van der Waals surface area contributed by atoms with Crippen LogP contribution in [-0.2, 0) is 14.3 Å². The molecule has 0 aliphatic heterocycles. The molecule has 1 amide bonds. The molecule has 0 saturated carbocycles. The highest BCUT2D eigenvalue weighted by atomic mass is 19.1. The maximum atomic E-state index is 14.3. The van der Waals surface area contributed by atoms with Crippen molar-refractivity contribution in [3.8, 4) is 0 Å². The maximum absolute atomic E-state index is 14.3. The van der Waals surface area contributed by atoms with Gasteiger partial charge in [0.25, 0.3) is 5.69 Å². The number of halogens is 1. The second kappa shape index (κ2) is 7.67. The van der Waals surface area contributed by atoms with Gasteiger partial charge in [-0.3, -0.25) is 10.1 Å². The van der Waals surface area contributed by atoms with Gasteiger partial charge in [-0.1, -0.05) is 0 Å². The fraction of sp³-hybridized carbons (Fsp3) is 0.529. The summed E-state index contributed by atoms with van der Waals surface area (Å²) in [5.41, 5.74) is -2.47. The number of benzene rings is 1. The minimum Gasteiger partial charge on any atom is -0.458 e. The number of nitro benzene ring substituents is 1. The summed E-state index contributed by atoms with van der Waals surface area (Å²) in [7, 11) is 0. The Morgan fingerprint density at radius 2 is 1.65 bits per heavy atom. The van der Waals surface area contributed by atoms with E-state index in [0.29, 0.717) is 6.07 Å². The second-order valence-electron chi connectivity index (χ2n) is 7.58. The van der Waals surface area contributed by atoms with Gasteiger partial charge >= 0.3 is 12.1 Å². The van der Waals surface area contributed by atoms with E-state index < -0.39 is 45.7 Å². The van der Waals surface area contributed by atoms with Crippen molar-refractivity contribution in [1.82, 2.24) is 5.32 Å². The number of carbonyl (C=O) groups excluding carboxylic acids is 2. The van der Waals surface area contributed by atoms with Crippen LogP contribution >= 0.6 is 0 Å². The van der Waals surface area contributed by atoms with Crippen molar-refractivity contribution in [2.45, 2.75) is 58.8 Å². The Balaban J connectivity index is 3.21. The molecule has 0 aliphatic carbocycles. The van der Waals surface area contributed by atoms with Crippen LogP contribution in [-0.4, -0.2) is 28.2 Å². The Labute approximate surface area is 150 Å². The maximum Gasteiger partial charge on any atom is 0.408 e. The molecule has 26 heavy (non-hydrogen) atoms. The Morgan fingerprint density at radius 1 is 1.12 bits per heavy atom. The van der Waals surface area contributed by atoms with E-state index in [1.54, 1.807) is 41.5 Å². The Morgan fingerprint density at radius 3 is 2.08 bits per heavy atom. The van der Waals surface area contributed by atoms with Gasteiger partial charge in [-0.15, -0.1) is 0 Å². The van der Waals surface area contributed by atoms with Crippen molar-refractivity contribution in [3.05, 3.63) is 39.7 Å². The van der Waals surface area contributed by atoms with Crippen LogP contribution in [0.2, 0.25) is 0 Å². The molecule has 144 valence electrons. The lowest BCUT2D eigenvalue weighted by Crippen LogP contribution is -2.41. The van der Waals surface area contributed by atoms with E-state index in [9.17, 15) is 24.1 Å². The first-order chi connectivity index (χ1) is 11.7. The van der Waals surface area contributed by atoms with Gasteiger partial charge in [0, 0.05) is 11.6 Å². The van der Waals surface area contributed by atoms with Crippen molar-refractivity contribution < 1.29 is 28.4 Å². The molecule has 1 rings (SSSR count). The molecular formula is C17H23FN2O6. The zero-order valence-electron chi connectivity index (χ0n) is 15.6. The Kier molecular flexibility index (Phi) is 6.29. The van der Waals surface area contributed by atoms with Gasteiger partial charge < -0.3 is 14.8 Å². The van der Waals surface area contributed by atoms with Crippen molar-refractivity contribution >= 4 is 17.7 Å². The van der Waals surface area contributed by atoms with Gasteiger partial charge in [0.05, 0.1) is 11.0 Å². The topological polar surface area (TPSA) is 108 Å². The largest absolute Gasteiger partial charge is 0.458 e. The van der Waals surface area contributed by atoms with Crippen molar-refractivity contribution in [3.63, 3.8) is 0 Å². The Bertz CT molecular complexity index is 706. The predicted octanol–water partition coefficient (Wildman–Crippen LogP) is 3.64. The molecular weight excluding hydrogens is 347 g/mol. The third-order valence-corrected chi connectivity index (χ3v) is 2.81. The number of non-ortho nitro benzene ring substituents is 1. The molecule has 0 bridgehead atoms. The SMILES string of the molecule is CC(C)(C)OC(=O)NC(C(=O)OC(C)(C)C)c1ccc([N+](=O)[O-])cc1F. The lowest BCUT2D eigenvalue weighted by molar-refractivity contribution is -0.385. The number of nitrogens with zero attached hydrogens (tertiary/aromatic N) is 1. The number of alkyl carbamates (subject to hydrolysis) is 1. The lowest BCUT2D eigenvalue weighted by Gasteiger charge is -2.26. The smallest absolute Gasteiger partial charge is 0.408 e. The minimum absolute atomic E-state index is 0.268. The summed E-state index contributed by atoms with van der Waals surface area (Å²) in [6.45, 7) is 9.72. The highest BCUT2D eigenvalue weighted by Gasteiger charge is 2.32. The summed E-state index contributed by atoms with van der Waals surface area (Å²) in [4.78, 5) is 34.4. The summed E-state index contributed by atoms with van der Waals surface area (Å²) >= 11 is 0. The first-order valence-corrected chi connectivity index (χ1v) is 7.86. The molecule has 1 unspecified atom stereocenters. The van der Waals surface area contributed by atoms with E-state index in [4.69, 9.17) is 9.47 Å². The first kappa shape index (κ1) is 21.3. The zero-order valence-corrected chi connectivity index (χ0v) is 15.6. The summed E-state index contributed by atoms with van der Waals surface area (Å²) in [5.74, 6) is -1.94. The van der Waals surface area contributed by atoms with Crippen LogP contribution < -0.4 is 5.32 Å². The van der Waals surface area contributed by atoms with E-state index in [1.807, 2.05) is 0 Å². The quantitative estimate of drug-likeness (QED) is 0.492. The predicted molar refractivity (Wildman–Crippen MR) is 91.0 cm³/mol. The summed E-state index contributed by atoms with van der Waals surface area (Å²) < 4.78 is 24.6. The van der Waals surface area contributed by atoms with E-state index in [2.05, 4.69) is 5.32 Å². The van der Waals surface area contributed by atoms with E-state index in [0.717, 1.165) is 12.1 Å². The second-order valence-corrected chi connectivity index (χ2v) is 7.58. The number of hydrogen-bond donors (Lipinski definition) is 1. The van der Waals surface area contributed by atoms with Crippen LogP contribution in [0.1, 0.15) is 53.1 Å². The average Bonchev–Trinajstić information content (AvgIpc) is 2.41. The normalized spacial score (nSPS) is 12.9. The van der Waals surface area contributed by atoms with Gasteiger partial charge in [-0.25, -0.2) is 14.0 Å². The van der Waals surface area contributed by atoms with Crippen molar-refractivity contribution in [2.75, 3.05) is 0 Å². The van der Waals surface area contributed by atoms with Crippen LogP contribution in [0.25, 0.3) is 0 Å². The van der Waals surface area contributed by atoms with Crippen molar-refractivity contribution in [2.24, 2.45) is 0 Å². The Hall–Kier alpha value is -2.71. The number of esters is 1. The summed E-state index contributed by atoms with van der Waals surface area (Å²) in [6.07, 6.45) is -0.953. The fourth-order valence-electron chi connectivity index (χ4n) is 1.91. The molecule has 8 nitrogen and oxygen atoms in total. The van der Waals surface area contributed by atoms with Gasteiger partial charge in [-0.2, -0.15) is 0 Å². The van der Waals surface area contributed by atoms with Crippen LogP contribution in [0.15, 0.2) is 18.2 Å². The minimum atomic E-state index is -1.52. The molecule has 0 aromatic heterocycles. The molecule has 0 radical (unpaired) electrons. The molecule has 1 aromatic carbocycles. The van der Waals surface area contributed by atoms with Crippen LogP contribution in [0, 0.1) is 15.9 Å². The molecule has 1 aromatic rings. The number of ether oxygens (including phenoxy) is 2. The highest BCUT2D eigenvalue weighted by Crippen LogP contribution is 2.25. The molecule has 0 saturated heterocycles. The third kappa shape index (κ3) is 6.66. The monoisotopic (exact) mass is 370 g/mol. The van der Waals surface area contributed by atoms with E-state index in [1.165, 1.54) is 0 Å². The summed E-state index contributed by atoms with van der Waals surface area (Å²) in [6, 6.07) is 1.24. The number of amides is 1. The molecule has 0 fully saturated rings. The molecule has 0 spiro atoms. The molecule has 9 heteroatoms. The molecule has 1 atom stereocenters. The first-order valence-electron chi connectivity index (χ1n) is 7.86. The van der Waals surface area contributed by atoms with Gasteiger partial charge in [0.15, 0.2) is 6.04 Å². The molecule has 1 N–H and O–H groups in total. The number of hydrogen-bond acceptors (Lipinski definition) is 6. The number of carbonyl (C=O) groups is 2. The van der Waals surface area contributed by atoms with E-state index in [-0.39, 0.29) is 5.56 Å². The number of nitrogens with one attached hydrogen (secondary N) is 1. The van der Waals surface area contributed by atoms with E-state index >= 15 is 0 Å². The fourth-order valence-corrected chi connectivity index (χ4v) is 1.91. The van der Waals surface area contributed by atoms with Gasteiger partial charge in [0.2, 0.25) is 0 Å². The highest BCUT2D eigenvalue weighted by molar-refractivity contribution is 5.83. The van der Waals surface area contributed by atoms with Crippen molar-refractivity contribution in [1.29, 1.82) is 0 Å². The molecule has 0 heterocycles. The number of rotatable bonds is 4. The van der Waals surface area contributed by atoms with Crippen LogP contribution in [0.3, 0.4) is 0 Å². The number of nitro groups is 1. The molecule has 0 aliphatic rings. The standard InChI is InChI=1S/C17H23FN2O6/c1-16(2,3)25-14(21)13(19-15(22)26-17(4,5)6)11-8-7-10(20(23)24)9-12(11)18/h7-9,13H,1-6H3,(H,19,22). The van der Waals surface area contributed by atoms with Gasteiger partial charge in [0.1, 0.15) is 17.0 Å². The van der Waals surface area contributed by atoms with Crippen LogP contribution in [0.5, 0.6) is 0 Å². The van der Waals surface area contributed by atoms with Crippen LogP contribution in [0.4, 0.5) is 14.9 Å². The lowest BCUT2D eigenvalue weighted by atomic mass is 10.1. The summed E-state index contributed by atoms with van der Waals surface area (Å²) in [5, 5.41) is 13.0. The van der Waals surface area contributed by atoms with Gasteiger partial charge in [-0.05, 0) is 47.6 Å².